The van der Waals surface area contributed by atoms with Gasteiger partial charge in [0.2, 0.25) is 5.91 Å². The Hall–Kier alpha value is -1.92. The Morgan fingerprint density at radius 1 is 1.17 bits per heavy atom. The van der Waals surface area contributed by atoms with Gasteiger partial charge in [0, 0.05) is 20.1 Å². The van der Waals surface area contributed by atoms with E-state index in [-0.39, 0.29) is 36.0 Å². The predicted octanol–water partition coefficient (Wildman–Crippen LogP) is 1.41. The summed E-state index contributed by atoms with van der Waals surface area (Å²) in [6.45, 7) is 4.85. The number of imide groups is 1. The number of nitrogens with one attached hydrogen (secondary N) is 1. The maximum atomic E-state index is 12.8. The molecule has 0 fully saturated rings. The maximum absolute atomic E-state index is 12.8. The molecule has 1 unspecified atom stereocenters. The lowest BCUT2D eigenvalue weighted by atomic mass is 10.0. The molecule has 1 aliphatic heterocycles. The largest absolute Gasteiger partial charge is 0.343 e. The molecule has 0 spiro atoms. The summed E-state index contributed by atoms with van der Waals surface area (Å²) in [5, 5.41) is 2.98. The highest BCUT2D eigenvalue weighted by atomic mass is 35.5. The Balaban J connectivity index is 0.00000288. The van der Waals surface area contributed by atoms with Crippen LogP contribution in [0.3, 0.4) is 0 Å². The summed E-state index contributed by atoms with van der Waals surface area (Å²) >= 11 is 0. The molecule has 1 aromatic rings. The molecular weight excluding hydrogens is 330 g/mol. The number of benzene rings is 1. The van der Waals surface area contributed by atoms with E-state index < -0.39 is 6.04 Å². The molecule has 3 amide bonds. The number of nitrogens with zero attached hydrogens (tertiary/aromatic N) is 2. The van der Waals surface area contributed by atoms with Crippen LogP contribution < -0.4 is 5.32 Å². The number of hydrogen-bond acceptors (Lipinski definition) is 4. The third kappa shape index (κ3) is 3.60. The second kappa shape index (κ2) is 8.26. The maximum Gasteiger partial charge on any atom is 0.262 e. The van der Waals surface area contributed by atoms with Crippen LogP contribution in [0.25, 0.3) is 0 Å². The number of rotatable bonds is 6. The van der Waals surface area contributed by atoms with Crippen LogP contribution in [-0.4, -0.2) is 60.7 Å². The van der Waals surface area contributed by atoms with Gasteiger partial charge in [-0.25, -0.2) is 0 Å². The molecule has 0 saturated heterocycles. The van der Waals surface area contributed by atoms with Crippen molar-refractivity contribution in [3.8, 4) is 0 Å². The van der Waals surface area contributed by atoms with Crippen molar-refractivity contribution in [3.05, 3.63) is 35.4 Å². The molecule has 1 N–H and O–H groups in total. The summed E-state index contributed by atoms with van der Waals surface area (Å²) < 4.78 is 0. The molecule has 1 aliphatic rings. The van der Waals surface area contributed by atoms with Crippen LogP contribution >= 0.6 is 12.4 Å². The molecule has 0 aliphatic carbocycles. The van der Waals surface area contributed by atoms with Gasteiger partial charge in [0.15, 0.2) is 0 Å². The highest BCUT2D eigenvalue weighted by Gasteiger charge is 2.44. The smallest absolute Gasteiger partial charge is 0.262 e. The fourth-order valence-corrected chi connectivity index (χ4v) is 2.77. The third-order valence-corrected chi connectivity index (χ3v) is 4.06. The topological polar surface area (TPSA) is 69.7 Å². The van der Waals surface area contributed by atoms with Crippen molar-refractivity contribution in [3.63, 3.8) is 0 Å². The minimum Gasteiger partial charge on any atom is -0.343 e. The fourth-order valence-electron chi connectivity index (χ4n) is 2.77. The molecule has 1 heterocycles. The second-order valence-electron chi connectivity index (χ2n) is 6.08. The third-order valence-electron chi connectivity index (χ3n) is 4.06. The van der Waals surface area contributed by atoms with Crippen molar-refractivity contribution in [2.45, 2.75) is 19.9 Å². The molecule has 1 atom stereocenters. The van der Waals surface area contributed by atoms with E-state index in [1.54, 1.807) is 36.2 Å². The molecule has 0 aromatic heterocycles. The van der Waals surface area contributed by atoms with Gasteiger partial charge >= 0.3 is 0 Å². The molecule has 0 saturated carbocycles. The van der Waals surface area contributed by atoms with E-state index in [2.05, 4.69) is 5.32 Å². The first-order valence-corrected chi connectivity index (χ1v) is 7.76. The van der Waals surface area contributed by atoms with Gasteiger partial charge in [0.25, 0.3) is 11.8 Å². The Labute approximate surface area is 148 Å². The van der Waals surface area contributed by atoms with E-state index in [1.807, 2.05) is 20.9 Å². The Bertz CT molecular complexity index is 598. The normalized spacial score (nSPS) is 14.5. The van der Waals surface area contributed by atoms with Crippen molar-refractivity contribution in [2.24, 2.45) is 5.92 Å². The van der Waals surface area contributed by atoms with Gasteiger partial charge in [0.1, 0.15) is 6.04 Å². The zero-order valence-corrected chi connectivity index (χ0v) is 15.2. The molecule has 0 radical (unpaired) electrons. The zero-order valence-electron chi connectivity index (χ0n) is 14.4. The van der Waals surface area contributed by atoms with Crippen molar-refractivity contribution in [2.75, 3.05) is 27.2 Å². The van der Waals surface area contributed by atoms with E-state index >= 15 is 0 Å². The first-order valence-electron chi connectivity index (χ1n) is 7.76. The van der Waals surface area contributed by atoms with Crippen molar-refractivity contribution in [1.82, 2.24) is 15.1 Å². The van der Waals surface area contributed by atoms with E-state index in [0.29, 0.717) is 24.2 Å². The summed E-state index contributed by atoms with van der Waals surface area (Å²) in [6, 6.07) is 5.91. The Morgan fingerprint density at radius 2 is 1.67 bits per heavy atom. The molecule has 132 valence electrons. The van der Waals surface area contributed by atoms with Gasteiger partial charge in [-0.1, -0.05) is 26.0 Å². The van der Waals surface area contributed by atoms with Crippen LogP contribution in [0.4, 0.5) is 0 Å². The molecule has 2 rings (SSSR count). The molecule has 0 bridgehead atoms. The number of carbonyl (C=O) groups excluding carboxylic acids is 3. The van der Waals surface area contributed by atoms with Crippen LogP contribution in [0, 0.1) is 5.92 Å². The summed E-state index contributed by atoms with van der Waals surface area (Å²) in [5.41, 5.74) is 0.739. The Morgan fingerprint density at radius 3 is 2.08 bits per heavy atom. The monoisotopic (exact) mass is 353 g/mol. The second-order valence-corrected chi connectivity index (χ2v) is 6.08. The van der Waals surface area contributed by atoms with Gasteiger partial charge in [-0.3, -0.25) is 19.3 Å². The van der Waals surface area contributed by atoms with Gasteiger partial charge in [-0.15, -0.1) is 12.4 Å². The molecule has 7 heteroatoms. The first kappa shape index (κ1) is 20.1. The van der Waals surface area contributed by atoms with Crippen LogP contribution in [0.2, 0.25) is 0 Å². The number of halogens is 1. The summed E-state index contributed by atoms with van der Waals surface area (Å²) in [5.74, 6) is -1.16. The number of fused-ring (bicyclic) bond motifs is 1. The van der Waals surface area contributed by atoms with Crippen molar-refractivity contribution in [1.29, 1.82) is 0 Å². The van der Waals surface area contributed by atoms with Crippen LogP contribution in [0.15, 0.2) is 24.3 Å². The van der Waals surface area contributed by atoms with E-state index in [1.165, 1.54) is 0 Å². The summed E-state index contributed by atoms with van der Waals surface area (Å²) in [4.78, 5) is 40.7. The highest BCUT2D eigenvalue weighted by Crippen LogP contribution is 2.27. The van der Waals surface area contributed by atoms with E-state index in [9.17, 15) is 14.4 Å². The number of likely N-dealkylation sites (N-methyl/N-ethyl adjacent to an activating group) is 2. The van der Waals surface area contributed by atoms with Crippen LogP contribution in [0.1, 0.15) is 34.6 Å². The zero-order chi connectivity index (χ0) is 17.1. The highest BCUT2D eigenvalue weighted by molar-refractivity contribution is 6.22. The SMILES string of the molecule is CNCCN(C)C(=O)C(C(C)C)N1C(=O)c2ccccc2C1=O.Cl. The van der Waals surface area contributed by atoms with Crippen molar-refractivity contribution < 1.29 is 14.4 Å². The number of carbonyl (C=O) groups is 3. The standard InChI is InChI=1S/C17H23N3O3.ClH/c1-11(2)14(17(23)19(4)10-9-18-3)20-15(21)12-7-5-6-8-13(12)16(20)22;/h5-8,11,14,18H,9-10H2,1-4H3;1H. The van der Waals surface area contributed by atoms with Gasteiger partial charge in [-0.05, 0) is 25.1 Å². The predicted molar refractivity (Wildman–Crippen MR) is 94.4 cm³/mol. The van der Waals surface area contributed by atoms with Crippen LogP contribution in [-0.2, 0) is 4.79 Å². The average molecular weight is 354 g/mol. The minimum absolute atomic E-state index is 0. The lowest BCUT2D eigenvalue weighted by molar-refractivity contribution is -0.135. The molecular formula is C17H24ClN3O3. The summed E-state index contributed by atoms with van der Waals surface area (Å²) in [6.07, 6.45) is 0. The quantitative estimate of drug-likeness (QED) is 0.785. The number of hydrogen-bond donors (Lipinski definition) is 1. The fraction of sp³-hybridized carbons (Fsp3) is 0.471. The Kier molecular flexibility index (Phi) is 6.93. The van der Waals surface area contributed by atoms with Crippen LogP contribution in [0.5, 0.6) is 0 Å². The minimum atomic E-state index is -0.788. The van der Waals surface area contributed by atoms with Crippen molar-refractivity contribution >= 4 is 30.1 Å². The van der Waals surface area contributed by atoms with Gasteiger partial charge in [-0.2, -0.15) is 0 Å². The average Bonchev–Trinajstić information content (AvgIpc) is 2.78. The van der Waals surface area contributed by atoms with E-state index in [0.717, 1.165) is 4.90 Å². The molecule has 6 nitrogen and oxygen atoms in total. The lowest BCUT2D eigenvalue weighted by Gasteiger charge is -2.31. The summed E-state index contributed by atoms with van der Waals surface area (Å²) in [7, 11) is 3.50. The number of amides is 3. The van der Waals surface area contributed by atoms with Gasteiger partial charge in [0.05, 0.1) is 11.1 Å². The van der Waals surface area contributed by atoms with Gasteiger partial charge < -0.3 is 10.2 Å². The lowest BCUT2D eigenvalue weighted by Crippen LogP contribution is -2.53. The molecule has 24 heavy (non-hydrogen) atoms. The molecule has 1 aromatic carbocycles. The van der Waals surface area contributed by atoms with E-state index in [4.69, 9.17) is 0 Å². The first-order chi connectivity index (χ1) is 10.9.